The van der Waals surface area contributed by atoms with Gasteiger partial charge in [-0.15, -0.1) is 0 Å². The Labute approximate surface area is 209 Å². The zero-order valence-corrected chi connectivity index (χ0v) is 20.0. The fourth-order valence-electron chi connectivity index (χ4n) is 3.69. The van der Waals surface area contributed by atoms with Crippen LogP contribution in [0.25, 0.3) is 0 Å². The van der Waals surface area contributed by atoms with Gasteiger partial charge in [0.1, 0.15) is 18.2 Å². The number of aromatic nitrogens is 4. The smallest absolute Gasteiger partial charge is 0.423 e. The molecule has 1 fully saturated rings. The molecule has 0 radical (unpaired) electrons. The third-order valence-electron chi connectivity index (χ3n) is 5.41. The number of alkyl halides is 3. The number of piperazine rings is 1. The average Bonchev–Trinajstić information content (AvgIpc) is 2.85. The van der Waals surface area contributed by atoms with Gasteiger partial charge in [-0.2, -0.15) is 23.5 Å². The molecule has 15 heteroatoms. The first-order valence-corrected chi connectivity index (χ1v) is 11.1. The molecule has 2 atom stereocenters. The van der Waals surface area contributed by atoms with E-state index in [2.05, 4.69) is 20.4 Å². The third kappa shape index (κ3) is 7.17. The SMILES string of the molecule is COC[C@@H](/C=C/COC(=O)N1CCN(c2ncc(C#N)cn2)C[C@H]1C)Nc1cn[nH]c(=O)c1C(F)(F)F. The van der Waals surface area contributed by atoms with Crippen LogP contribution in [0.5, 0.6) is 0 Å². The van der Waals surface area contributed by atoms with Gasteiger partial charge in [0.05, 0.1) is 42.5 Å². The largest absolute Gasteiger partial charge is 0.445 e. The molecular formula is C22H25F3N8O4. The van der Waals surface area contributed by atoms with E-state index in [1.165, 1.54) is 31.7 Å². The number of carbonyl (C=O) groups is 1. The summed E-state index contributed by atoms with van der Waals surface area (Å²) in [6, 6.07) is 0.985. The lowest BCUT2D eigenvalue weighted by molar-refractivity contribution is -0.138. The maximum absolute atomic E-state index is 13.3. The molecule has 3 heterocycles. The summed E-state index contributed by atoms with van der Waals surface area (Å²) in [6.45, 7) is 2.97. The summed E-state index contributed by atoms with van der Waals surface area (Å²) in [4.78, 5) is 36.0. The first-order valence-electron chi connectivity index (χ1n) is 11.1. The molecular weight excluding hydrogens is 497 g/mol. The van der Waals surface area contributed by atoms with Crippen LogP contribution in [0.1, 0.15) is 18.1 Å². The minimum atomic E-state index is -4.89. The van der Waals surface area contributed by atoms with Crippen molar-refractivity contribution in [3.63, 3.8) is 0 Å². The number of anilines is 2. The van der Waals surface area contributed by atoms with Gasteiger partial charge in [0.2, 0.25) is 5.95 Å². The van der Waals surface area contributed by atoms with Crippen molar-refractivity contribution in [3.05, 3.63) is 52.2 Å². The molecule has 12 nitrogen and oxygen atoms in total. The van der Waals surface area contributed by atoms with Crippen molar-refractivity contribution >= 4 is 17.7 Å². The Balaban J connectivity index is 1.54. The summed E-state index contributed by atoms with van der Waals surface area (Å²) in [6.07, 6.45) is 1.24. The van der Waals surface area contributed by atoms with Crippen molar-refractivity contribution in [2.75, 3.05) is 50.2 Å². The fourth-order valence-corrected chi connectivity index (χ4v) is 3.69. The predicted octanol–water partition coefficient (Wildman–Crippen LogP) is 1.78. The van der Waals surface area contributed by atoms with Crippen molar-refractivity contribution in [2.45, 2.75) is 25.2 Å². The van der Waals surface area contributed by atoms with Crippen LogP contribution >= 0.6 is 0 Å². The number of nitrogens with one attached hydrogen (secondary N) is 2. The lowest BCUT2D eigenvalue weighted by atomic mass is 10.2. The molecule has 1 aliphatic heterocycles. The van der Waals surface area contributed by atoms with Crippen molar-refractivity contribution in [2.24, 2.45) is 0 Å². The summed E-state index contributed by atoms with van der Waals surface area (Å²) < 4.78 is 50.2. The predicted molar refractivity (Wildman–Crippen MR) is 125 cm³/mol. The summed E-state index contributed by atoms with van der Waals surface area (Å²) in [5.74, 6) is 0.461. The minimum absolute atomic E-state index is 0.0229. The molecule has 3 rings (SSSR count). The number of nitrogens with zero attached hydrogens (tertiary/aromatic N) is 6. The third-order valence-corrected chi connectivity index (χ3v) is 5.41. The Hall–Kier alpha value is -4.19. The number of rotatable bonds is 8. The van der Waals surface area contributed by atoms with Crippen LogP contribution in [0, 0.1) is 11.3 Å². The van der Waals surface area contributed by atoms with Gasteiger partial charge in [-0.25, -0.2) is 19.9 Å². The van der Waals surface area contributed by atoms with Crippen LogP contribution in [0.15, 0.2) is 35.5 Å². The Kier molecular flexibility index (Phi) is 9.01. The molecule has 0 aromatic carbocycles. The van der Waals surface area contributed by atoms with Crippen LogP contribution < -0.4 is 15.8 Å². The van der Waals surface area contributed by atoms with Crippen LogP contribution in [0.4, 0.5) is 29.6 Å². The number of methoxy groups -OCH3 is 1. The molecule has 0 spiro atoms. The summed E-state index contributed by atoms with van der Waals surface area (Å²) >= 11 is 0. The maximum Gasteiger partial charge on any atom is 0.423 e. The number of carbonyl (C=O) groups excluding carboxylic acids is 1. The zero-order chi connectivity index (χ0) is 27.0. The average molecular weight is 522 g/mol. The standard InChI is InChI=1S/C22H25F3N8O4/c1-14-12-32(20-27-9-15(8-26)10-28-20)5-6-33(14)21(35)37-7-3-4-16(13-36-2)30-17-11-29-31-19(34)18(17)22(23,24)25/h3-4,9-11,14,16H,5-7,12-13H2,1-2H3,(H2,30,31,34)/b4-3+/t14-,16-/m1/s1. The van der Waals surface area contributed by atoms with E-state index in [0.717, 1.165) is 6.20 Å². The van der Waals surface area contributed by atoms with Gasteiger partial charge in [0, 0.05) is 32.8 Å². The molecule has 1 amide bonds. The fraction of sp³-hybridized carbons (Fsp3) is 0.455. The lowest BCUT2D eigenvalue weighted by Gasteiger charge is -2.39. The molecule has 1 aliphatic rings. The second kappa shape index (κ2) is 12.2. The monoisotopic (exact) mass is 522 g/mol. The van der Waals surface area contributed by atoms with Crippen LogP contribution in [0.3, 0.4) is 0 Å². The number of halogens is 3. The van der Waals surface area contributed by atoms with E-state index in [4.69, 9.17) is 14.7 Å². The zero-order valence-electron chi connectivity index (χ0n) is 20.0. The summed E-state index contributed by atoms with van der Waals surface area (Å²) in [7, 11) is 1.37. The maximum atomic E-state index is 13.3. The van der Waals surface area contributed by atoms with E-state index in [-0.39, 0.29) is 19.3 Å². The second-order valence-electron chi connectivity index (χ2n) is 8.07. The molecule has 2 N–H and O–H groups in total. The van der Waals surface area contributed by atoms with E-state index in [1.807, 2.05) is 17.9 Å². The van der Waals surface area contributed by atoms with E-state index in [0.29, 0.717) is 31.1 Å². The van der Waals surface area contributed by atoms with E-state index >= 15 is 0 Å². The number of hydrogen-bond acceptors (Lipinski definition) is 10. The topological polar surface area (TPSA) is 149 Å². The number of amides is 1. The van der Waals surface area contributed by atoms with Gasteiger partial charge in [-0.3, -0.25) is 4.79 Å². The molecule has 2 aromatic heterocycles. The number of nitriles is 1. The van der Waals surface area contributed by atoms with Crippen LogP contribution in [0.2, 0.25) is 0 Å². The van der Waals surface area contributed by atoms with Gasteiger partial charge in [-0.1, -0.05) is 6.08 Å². The Morgan fingerprint density at radius 3 is 2.70 bits per heavy atom. The number of ether oxygens (including phenoxy) is 2. The number of hydrogen-bond donors (Lipinski definition) is 2. The lowest BCUT2D eigenvalue weighted by Crippen LogP contribution is -2.54. The highest BCUT2D eigenvalue weighted by Crippen LogP contribution is 2.31. The highest BCUT2D eigenvalue weighted by atomic mass is 19.4. The van der Waals surface area contributed by atoms with E-state index in [1.54, 1.807) is 10.00 Å². The molecule has 198 valence electrons. The van der Waals surface area contributed by atoms with Crippen molar-refractivity contribution in [1.82, 2.24) is 25.1 Å². The van der Waals surface area contributed by atoms with Crippen LogP contribution in [-0.4, -0.2) is 83.2 Å². The number of aromatic amines is 1. The summed E-state index contributed by atoms with van der Waals surface area (Å²) in [5.41, 5.74) is -2.92. The highest BCUT2D eigenvalue weighted by Gasteiger charge is 2.37. The van der Waals surface area contributed by atoms with Crippen molar-refractivity contribution in [3.8, 4) is 6.07 Å². The van der Waals surface area contributed by atoms with Gasteiger partial charge >= 0.3 is 12.3 Å². The normalized spacial score (nSPS) is 16.9. The first kappa shape index (κ1) is 27.4. The Morgan fingerprint density at radius 1 is 1.35 bits per heavy atom. The van der Waals surface area contributed by atoms with Crippen molar-refractivity contribution in [1.29, 1.82) is 5.26 Å². The van der Waals surface area contributed by atoms with Gasteiger partial charge in [0.25, 0.3) is 5.56 Å². The molecule has 0 bridgehead atoms. The van der Waals surface area contributed by atoms with Crippen molar-refractivity contribution < 1.29 is 27.4 Å². The van der Waals surface area contributed by atoms with Crippen LogP contribution in [-0.2, 0) is 15.7 Å². The molecule has 0 aliphatic carbocycles. The second-order valence-corrected chi connectivity index (χ2v) is 8.07. The quantitative estimate of drug-likeness (QED) is 0.491. The highest BCUT2D eigenvalue weighted by molar-refractivity contribution is 5.68. The molecule has 0 unspecified atom stereocenters. The molecule has 2 aromatic rings. The van der Waals surface area contributed by atoms with Gasteiger partial charge < -0.3 is 24.6 Å². The first-order chi connectivity index (χ1) is 17.6. The molecule has 0 saturated carbocycles. The van der Waals surface area contributed by atoms with E-state index < -0.39 is 35.1 Å². The minimum Gasteiger partial charge on any atom is -0.445 e. The molecule has 37 heavy (non-hydrogen) atoms. The number of H-pyrrole nitrogens is 1. The Bertz CT molecular complexity index is 1200. The van der Waals surface area contributed by atoms with Gasteiger partial charge in [0.15, 0.2) is 0 Å². The van der Waals surface area contributed by atoms with E-state index in [9.17, 15) is 22.8 Å². The Morgan fingerprint density at radius 2 is 2.08 bits per heavy atom. The molecule has 1 saturated heterocycles. The van der Waals surface area contributed by atoms with Gasteiger partial charge in [-0.05, 0) is 13.0 Å². The summed E-state index contributed by atoms with van der Waals surface area (Å²) in [5, 5.41) is 16.6.